The topological polar surface area (TPSA) is 98.9 Å². The maximum absolute atomic E-state index is 13.0. The van der Waals surface area contributed by atoms with Gasteiger partial charge in [0.15, 0.2) is 6.61 Å². The molecule has 2 aromatic carbocycles. The molecule has 4 rings (SSSR count). The van der Waals surface area contributed by atoms with Crippen molar-refractivity contribution in [1.29, 1.82) is 0 Å². The third-order valence-electron chi connectivity index (χ3n) is 5.43. The highest BCUT2D eigenvalue weighted by atomic mass is 16.5. The molecular weight excluding hydrogens is 372 g/mol. The van der Waals surface area contributed by atoms with Gasteiger partial charge < -0.3 is 20.1 Å². The predicted molar refractivity (Wildman–Crippen MR) is 104 cm³/mol. The number of piperidine rings is 1. The molecule has 0 unspecified atom stereocenters. The lowest BCUT2D eigenvalue weighted by Gasteiger charge is -2.31. The number of carbonyl (C=O) groups excluding carboxylic acids is 3. The van der Waals surface area contributed by atoms with Crippen LogP contribution in [-0.2, 0) is 19.1 Å². The van der Waals surface area contributed by atoms with E-state index in [4.69, 9.17) is 15.2 Å². The number of likely N-dealkylation sites (tertiary alicyclic amines) is 1. The quantitative estimate of drug-likeness (QED) is 0.802. The highest BCUT2D eigenvalue weighted by Gasteiger charge is 2.34. The van der Waals surface area contributed by atoms with E-state index in [1.165, 1.54) is 4.90 Å². The molecule has 0 aromatic heterocycles. The molecule has 0 aliphatic carbocycles. The van der Waals surface area contributed by atoms with Gasteiger partial charge in [-0.3, -0.25) is 14.4 Å². The average Bonchev–Trinajstić information content (AvgIpc) is 2.75. The molecule has 150 valence electrons. The summed E-state index contributed by atoms with van der Waals surface area (Å²) in [6.07, 6.45) is 1.38. The van der Waals surface area contributed by atoms with Crippen molar-refractivity contribution in [1.82, 2.24) is 4.90 Å². The van der Waals surface area contributed by atoms with E-state index in [1.807, 2.05) is 36.4 Å². The number of ether oxygens (including phenoxy) is 2. The number of hydrogen-bond acceptors (Lipinski definition) is 5. The summed E-state index contributed by atoms with van der Waals surface area (Å²) in [5.74, 6) is -1.06. The van der Waals surface area contributed by atoms with Crippen molar-refractivity contribution in [2.75, 3.05) is 19.7 Å². The molecule has 2 aromatic rings. The summed E-state index contributed by atoms with van der Waals surface area (Å²) in [6, 6.07) is 14.6. The van der Waals surface area contributed by atoms with Gasteiger partial charge in [-0.1, -0.05) is 36.4 Å². The van der Waals surface area contributed by atoms with Crippen molar-refractivity contribution in [3.8, 4) is 11.5 Å². The number of benzene rings is 2. The molecule has 1 saturated heterocycles. The molecule has 2 amide bonds. The number of fused-ring (bicyclic) bond motifs is 2. The third-order valence-corrected chi connectivity index (χ3v) is 5.43. The van der Waals surface area contributed by atoms with E-state index in [1.54, 1.807) is 12.1 Å². The lowest BCUT2D eigenvalue weighted by Crippen LogP contribution is -2.45. The normalized spacial score (nSPS) is 18.2. The van der Waals surface area contributed by atoms with E-state index in [0.29, 0.717) is 42.0 Å². The number of esters is 1. The molecule has 0 spiro atoms. The number of nitrogens with two attached hydrogens (primary N) is 1. The van der Waals surface area contributed by atoms with E-state index < -0.39 is 17.8 Å². The van der Waals surface area contributed by atoms with Crippen molar-refractivity contribution in [3.05, 3.63) is 59.7 Å². The fourth-order valence-corrected chi connectivity index (χ4v) is 3.91. The first-order chi connectivity index (χ1) is 14.0. The number of rotatable bonds is 4. The van der Waals surface area contributed by atoms with Gasteiger partial charge in [-0.15, -0.1) is 0 Å². The summed E-state index contributed by atoms with van der Waals surface area (Å²) in [5.41, 5.74) is 6.77. The van der Waals surface area contributed by atoms with E-state index in [-0.39, 0.29) is 25.0 Å². The van der Waals surface area contributed by atoms with Crippen LogP contribution in [0.25, 0.3) is 0 Å². The van der Waals surface area contributed by atoms with Crippen molar-refractivity contribution >= 4 is 17.8 Å². The molecule has 0 radical (unpaired) electrons. The van der Waals surface area contributed by atoms with Crippen molar-refractivity contribution in [2.45, 2.75) is 18.8 Å². The van der Waals surface area contributed by atoms with Gasteiger partial charge in [0, 0.05) is 24.2 Å². The molecule has 0 bridgehead atoms. The number of hydrogen-bond donors (Lipinski definition) is 1. The zero-order chi connectivity index (χ0) is 20.4. The highest BCUT2D eigenvalue weighted by molar-refractivity contribution is 5.88. The Labute approximate surface area is 168 Å². The maximum atomic E-state index is 13.0. The summed E-state index contributed by atoms with van der Waals surface area (Å²) in [4.78, 5) is 38.4. The lowest BCUT2D eigenvalue weighted by molar-refractivity contribution is -0.153. The van der Waals surface area contributed by atoms with Crippen LogP contribution in [0.15, 0.2) is 48.5 Å². The smallest absolute Gasteiger partial charge is 0.318 e. The molecule has 29 heavy (non-hydrogen) atoms. The number of para-hydroxylation sites is 2. The van der Waals surface area contributed by atoms with Gasteiger partial charge in [-0.2, -0.15) is 0 Å². The first-order valence-electron chi connectivity index (χ1n) is 9.64. The molecule has 1 fully saturated rings. The van der Waals surface area contributed by atoms with Crippen LogP contribution in [0, 0.1) is 5.92 Å². The van der Waals surface area contributed by atoms with Crippen molar-refractivity contribution in [2.24, 2.45) is 11.7 Å². The van der Waals surface area contributed by atoms with Crippen LogP contribution in [0.3, 0.4) is 0 Å². The zero-order valence-corrected chi connectivity index (χ0v) is 15.9. The molecule has 2 heterocycles. The standard InChI is InChI=1S/C22H22N2O5/c23-21(26)14-6-5-11-24(12-14)19(25)13-28-22(27)20-15-7-1-3-9-17(15)29-18-10-4-2-8-16(18)20/h1-4,7-10,14,20H,5-6,11-13H2,(H2,23,26)/t14-/m0/s1. The summed E-state index contributed by atoms with van der Waals surface area (Å²) < 4.78 is 11.3. The van der Waals surface area contributed by atoms with Gasteiger partial charge in [-0.25, -0.2) is 0 Å². The minimum absolute atomic E-state index is 0.272. The van der Waals surface area contributed by atoms with Gasteiger partial charge in [-0.05, 0) is 25.0 Å². The monoisotopic (exact) mass is 394 g/mol. The maximum Gasteiger partial charge on any atom is 0.318 e. The molecule has 0 saturated carbocycles. The van der Waals surface area contributed by atoms with Crippen molar-refractivity contribution in [3.63, 3.8) is 0 Å². The second-order valence-corrected chi connectivity index (χ2v) is 7.30. The Balaban J connectivity index is 1.48. The Morgan fingerprint density at radius 2 is 1.66 bits per heavy atom. The number of primary amides is 1. The Morgan fingerprint density at radius 3 is 2.28 bits per heavy atom. The molecule has 7 nitrogen and oxygen atoms in total. The molecule has 1 atom stereocenters. The Morgan fingerprint density at radius 1 is 1.03 bits per heavy atom. The van der Waals surface area contributed by atoms with Crippen LogP contribution in [0.5, 0.6) is 11.5 Å². The van der Waals surface area contributed by atoms with Gasteiger partial charge in [0.2, 0.25) is 5.91 Å². The summed E-state index contributed by atoms with van der Waals surface area (Å²) in [5, 5.41) is 0. The SMILES string of the molecule is NC(=O)[C@H]1CCCN(C(=O)COC(=O)C2c3ccccc3Oc3ccccc32)C1. The lowest BCUT2D eigenvalue weighted by atomic mass is 9.88. The first-order valence-corrected chi connectivity index (χ1v) is 9.64. The first kappa shape index (κ1) is 19.0. The largest absolute Gasteiger partial charge is 0.457 e. The fourth-order valence-electron chi connectivity index (χ4n) is 3.91. The fraction of sp³-hybridized carbons (Fsp3) is 0.318. The summed E-state index contributed by atoms with van der Waals surface area (Å²) in [7, 11) is 0. The van der Waals surface area contributed by atoms with Crippen LogP contribution in [0.1, 0.15) is 29.9 Å². The molecule has 2 aliphatic heterocycles. The van der Waals surface area contributed by atoms with Crippen LogP contribution >= 0.6 is 0 Å². The molecule has 2 aliphatic rings. The molecular formula is C22H22N2O5. The van der Waals surface area contributed by atoms with Gasteiger partial charge in [0.25, 0.3) is 5.91 Å². The molecule has 2 N–H and O–H groups in total. The minimum Gasteiger partial charge on any atom is -0.457 e. The number of amides is 2. The van der Waals surface area contributed by atoms with Gasteiger partial charge >= 0.3 is 5.97 Å². The summed E-state index contributed by atoms with van der Waals surface area (Å²) in [6.45, 7) is 0.434. The van der Waals surface area contributed by atoms with Crippen LogP contribution < -0.4 is 10.5 Å². The second kappa shape index (κ2) is 7.95. The number of nitrogens with zero attached hydrogens (tertiary/aromatic N) is 1. The molecule has 7 heteroatoms. The second-order valence-electron chi connectivity index (χ2n) is 7.30. The van der Waals surface area contributed by atoms with E-state index >= 15 is 0 Å². The third kappa shape index (κ3) is 3.81. The van der Waals surface area contributed by atoms with E-state index in [0.717, 1.165) is 0 Å². The Bertz CT molecular complexity index is 912. The van der Waals surface area contributed by atoms with Gasteiger partial charge in [0.05, 0.1) is 5.92 Å². The van der Waals surface area contributed by atoms with Crippen molar-refractivity contribution < 1.29 is 23.9 Å². The average molecular weight is 394 g/mol. The zero-order valence-electron chi connectivity index (χ0n) is 15.9. The predicted octanol–water partition coefficient (Wildman–Crippen LogP) is 2.19. The summed E-state index contributed by atoms with van der Waals surface area (Å²) >= 11 is 0. The minimum atomic E-state index is -0.663. The highest BCUT2D eigenvalue weighted by Crippen LogP contribution is 2.44. The Hall–Kier alpha value is -3.35. The van der Waals surface area contributed by atoms with Crippen LogP contribution in [0.4, 0.5) is 0 Å². The van der Waals surface area contributed by atoms with Crippen LogP contribution in [0.2, 0.25) is 0 Å². The van der Waals surface area contributed by atoms with Crippen LogP contribution in [-0.4, -0.2) is 42.4 Å². The van der Waals surface area contributed by atoms with E-state index in [9.17, 15) is 14.4 Å². The number of carbonyl (C=O) groups is 3. The van der Waals surface area contributed by atoms with E-state index in [2.05, 4.69) is 0 Å². The van der Waals surface area contributed by atoms with Gasteiger partial charge in [0.1, 0.15) is 17.4 Å². The Kier molecular flexibility index (Phi) is 5.20.